The number of ether oxygens (including phenoxy) is 1. The monoisotopic (exact) mass is 267 g/mol. The first kappa shape index (κ1) is 12.7. The third-order valence-electron chi connectivity index (χ3n) is 3.78. The summed E-state index contributed by atoms with van der Waals surface area (Å²) in [6.45, 7) is 0.835. The van der Waals surface area contributed by atoms with Crippen molar-refractivity contribution in [3.63, 3.8) is 0 Å². The molecule has 3 nitrogen and oxygen atoms in total. The van der Waals surface area contributed by atoms with Crippen molar-refractivity contribution in [2.75, 3.05) is 19.0 Å². The van der Waals surface area contributed by atoms with Crippen molar-refractivity contribution in [1.29, 1.82) is 0 Å². The van der Waals surface area contributed by atoms with Gasteiger partial charge in [0.1, 0.15) is 5.75 Å². The molecule has 0 aliphatic carbocycles. The molecule has 20 heavy (non-hydrogen) atoms. The van der Waals surface area contributed by atoms with Crippen molar-refractivity contribution >= 4 is 11.5 Å². The van der Waals surface area contributed by atoms with Gasteiger partial charge in [-0.3, -0.25) is 4.79 Å². The Kier molecular flexibility index (Phi) is 3.42. The number of hydrogen-bond donors (Lipinski definition) is 1. The minimum atomic E-state index is 0.177. The van der Waals surface area contributed by atoms with E-state index in [-0.39, 0.29) is 11.7 Å². The molecule has 2 aromatic rings. The summed E-state index contributed by atoms with van der Waals surface area (Å²) in [6, 6.07) is 15.5. The Morgan fingerprint density at radius 1 is 1.20 bits per heavy atom. The van der Waals surface area contributed by atoms with E-state index < -0.39 is 0 Å². The number of benzene rings is 2. The third kappa shape index (κ3) is 2.39. The summed E-state index contributed by atoms with van der Waals surface area (Å²) in [5.41, 5.74) is 3.14. The highest BCUT2D eigenvalue weighted by Crippen LogP contribution is 2.34. The van der Waals surface area contributed by atoms with Crippen LogP contribution in [0.4, 0.5) is 5.69 Å². The molecule has 0 aromatic heterocycles. The molecule has 3 rings (SSSR count). The maximum absolute atomic E-state index is 12.3. The van der Waals surface area contributed by atoms with Crippen molar-refractivity contribution in [1.82, 2.24) is 0 Å². The van der Waals surface area contributed by atoms with E-state index in [1.54, 1.807) is 7.11 Å². The van der Waals surface area contributed by atoms with Gasteiger partial charge >= 0.3 is 0 Å². The number of hydrogen-bond acceptors (Lipinski definition) is 3. The first-order chi connectivity index (χ1) is 9.78. The molecule has 1 aliphatic heterocycles. The van der Waals surface area contributed by atoms with Gasteiger partial charge in [0.15, 0.2) is 5.78 Å². The van der Waals surface area contributed by atoms with Crippen LogP contribution >= 0.6 is 0 Å². The van der Waals surface area contributed by atoms with Crippen molar-refractivity contribution in [2.45, 2.75) is 12.3 Å². The lowest BCUT2D eigenvalue weighted by molar-refractivity contribution is 0.0975. The SMILES string of the molecule is COc1ccc(C(=O)CC2CNc3ccccc32)cc1. The van der Waals surface area contributed by atoms with Crippen LogP contribution in [0.25, 0.3) is 0 Å². The molecule has 0 fully saturated rings. The number of anilines is 1. The number of Topliss-reactive ketones (excluding diaryl/α,β-unsaturated/α-hetero) is 1. The molecular weight excluding hydrogens is 250 g/mol. The Bertz CT molecular complexity index is 619. The van der Waals surface area contributed by atoms with Crippen LogP contribution in [0, 0.1) is 0 Å². The Hall–Kier alpha value is -2.29. The van der Waals surface area contributed by atoms with E-state index >= 15 is 0 Å². The molecule has 1 N–H and O–H groups in total. The molecule has 0 saturated heterocycles. The highest BCUT2D eigenvalue weighted by molar-refractivity contribution is 5.97. The third-order valence-corrected chi connectivity index (χ3v) is 3.78. The minimum Gasteiger partial charge on any atom is -0.497 e. The number of nitrogens with one attached hydrogen (secondary N) is 1. The minimum absolute atomic E-state index is 0.177. The average Bonchev–Trinajstić information content (AvgIpc) is 2.91. The summed E-state index contributed by atoms with van der Waals surface area (Å²) >= 11 is 0. The van der Waals surface area contributed by atoms with E-state index in [0.29, 0.717) is 6.42 Å². The van der Waals surface area contributed by atoms with Gasteiger partial charge in [0.05, 0.1) is 7.11 Å². The van der Waals surface area contributed by atoms with Crippen LogP contribution in [0.2, 0.25) is 0 Å². The van der Waals surface area contributed by atoms with Crippen LogP contribution in [0.3, 0.4) is 0 Å². The predicted octanol–water partition coefficient (Wildman–Crippen LogP) is 3.48. The van der Waals surface area contributed by atoms with Crippen LogP contribution in [0.15, 0.2) is 48.5 Å². The smallest absolute Gasteiger partial charge is 0.163 e. The maximum atomic E-state index is 12.3. The van der Waals surface area contributed by atoms with Crippen LogP contribution in [0.1, 0.15) is 28.3 Å². The second-order valence-corrected chi connectivity index (χ2v) is 5.02. The topological polar surface area (TPSA) is 38.3 Å². The lowest BCUT2D eigenvalue weighted by atomic mass is 9.93. The summed E-state index contributed by atoms with van der Waals surface area (Å²) in [6.07, 6.45) is 0.538. The maximum Gasteiger partial charge on any atom is 0.163 e. The number of carbonyl (C=O) groups excluding carboxylic acids is 1. The Balaban J connectivity index is 1.73. The Morgan fingerprint density at radius 2 is 1.95 bits per heavy atom. The van der Waals surface area contributed by atoms with Gasteiger partial charge in [-0.15, -0.1) is 0 Å². The molecule has 0 radical (unpaired) electrons. The van der Waals surface area contributed by atoms with Gasteiger partial charge in [0, 0.05) is 30.1 Å². The zero-order valence-corrected chi connectivity index (χ0v) is 11.4. The number of carbonyl (C=O) groups is 1. The van der Waals surface area contributed by atoms with E-state index in [0.717, 1.165) is 23.5 Å². The summed E-state index contributed by atoms with van der Waals surface area (Å²) < 4.78 is 5.11. The molecule has 1 heterocycles. The number of fused-ring (bicyclic) bond motifs is 1. The van der Waals surface area contributed by atoms with E-state index in [2.05, 4.69) is 17.4 Å². The van der Waals surface area contributed by atoms with Crippen LogP contribution in [0.5, 0.6) is 5.75 Å². The van der Waals surface area contributed by atoms with Crippen LogP contribution in [-0.4, -0.2) is 19.4 Å². The molecular formula is C17H17NO2. The molecule has 0 amide bonds. The van der Waals surface area contributed by atoms with Gasteiger partial charge < -0.3 is 10.1 Å². The zero-order chi connectivity index (χ0) is 13.9. The van der Waals surface area contributed by atoms with Crippen molar-refractivity contribution < 1.29 is 9.53 Å². The molecule has 1 unspecified atom stereocenters. The van der Waals surface area contributed by atoms with Crippen molar-refractivity contribution in [2.24, 2.45) is 0 Å². The van der Waals surface area contributed by atoms with E-state index in [1.165, 1.54) is 5.56 Å². The summed E-state index contributed by atoms with van der Waals surface area (Å²) in [5.74, 6) is 1.21. The first-order valence-corrected chi connectivity index (χ1v) is 6.78. The van der Waals surface area contributed by atoms with Crippen molar-refractivity contribution in [3.8, 4) is 5.75 Å². The van der Waals surface area contributed by atoms with Gasteiger partial charge in [-0.1, -0.05) is 18.2 Å². The van der Waals surface area contributed by atoms with Gasteiger partial charge in [-0.05, 0) is 35.9 Å². The largest absolute Gasteiger partial charge is 0.497 e. The fourth-order valence-electron chi connectivity index (χ4n) is 2.66. The lowest BCUT2D eigenvalue weighted by Crippen LogP contribution is -2.09. The molecule has 2 aromatic carbocycles. The quantitative estimate of drug-likeness (QED) is 0.862. The first-order valence-electron chi connectivity index (χ1n) is 6.78. The van der Waals surface area contributed by atoms with Crippen molar-refractivity contribution in [3.05, 3.63) is 59.7 Å². The van der Waals surface area contributed by atoms with Gasteiger partial charge in [0.2, 0.25) is 0 Å². The Labute approximate surface area is 118 Å². The second-order valence-electron chi connectivity index (χ2n) is 5.02. The van der Waals surface area contributed by atoms with Gasteiger partial charge in [-0.25, -0.2) is 0 Å². The number of rotatable bonds is 4. The number of ketones is 1. The van der Waals surface area contributed by atoms with Gasteiger partial charge in [-0.2, -0.15) is 0 Å². The average molecular weight is 267 g/mol. The predicted molar refractivity (Wildman–Crippen MR) is 79.6 cm³/mol. The molecule has 1 aliphatic rings. The zero-order valence-electron chi connectivity index (χ0n) is 11.4. The Morgan fingerprint density at radius 3 is 2.70 bits per heavy atom. The number of methoxy groups -OCH3 is 1. The standard InChI is InChI=1S/C17H17NO2/c1-20-14-8-6-12(7-9-14)17(19)10-13-11-18-16-5-3-2-4-15(13)16/h2-9,13,18H,10-11H2,1H3. The molecule has 3 heteroatoms. The fourth-order valence-corrected chi connectivity index (χ4v) is 2.66. The fraction of sp³-hybridized carbons (Fsp3) is 0.235. The summed E-state index contributed by atoms with van der Waals surface area (Å²) in [4.78, 5) is 12.3. The normalized spacial score (nSPS) is 16.4. The van der Waals surface area contributed by atoms with E-state index in [9.17, 15) is 4.79 Å². The molecule has 0 saturated carbocycles. The summed E-state index contributed by atoms with van der Waals surface area (Å²) in [5, 5.41) is 3.35. The highest BCUT2D eigenvalue weighted by atomic mass is 16.5. The molecule has 102 valence electrons. The highest BCUT2D eigenvalue weighted by Gasteiger charge is 2.24. The molecule has 0 spiro atoms. The lowest BCUT2D eigenvalue weighted by Gasteiger charge is -2.09. The number of para-hydroxylation sites is 1. The van der Waals surface area contributed by atoms with E-state index in [4.69, 9.17) is 4.74 Å². The van der Waals surface area contributed by atoms with Crippen LogP contribution < -0.4 is 10.1 Å². The second kappa shape index (κ2) is 5.37. The van der Waals surface area contributed by atoms with E-state index in [1.807, 2.05) is 36.4 Å². The molecule has 0 bridgehead atoms. The van der Waals surface area contributed by atoms with Crippen LogP contribution in [-0.2, 0) is 0 Å². The summed E-state index contributed by atoms with van der Waals surface area (Å²) in [7, 11) is 1.62. The van der Waals surface area contributed by atoms with Gasteiger partial charge in [0.25, 0.3) is 0 Å². The molecule has 1 atom stereocenters.